The van der Waals surface area contributed by atoms with E-state index in [-0.39, 0.29) is 18.0 Å². The van der Waals surface area contributed by atoms with E-state index in [9.17, 15) is 9.59 Å². The number of carbonyl (C=O) groups excluding carboxylic acids is 2. The molecule has 1 aromatic rings. The average molecular weight is 356 g/mol. The van der Waals surface area contributed by atoms with Crippen molar-refractivity contribution in [3.8, 4) is 0 Å². The molecule has 0 aliphatic rings. The van der Waals surface area contributed by atoms with Gasteiger partial charge in [-0.25, -0.2) is 25.0 Å². The number of hydrogen-bond donors (Lipinski definition) is 1. The fourth-order valence-electron chi connectivity index (χ4n) is 1.71. The lowest BCUT2D eigenvalue weighted by atomic mass is 10.2. The van der Waals surface area contributed by atoms with E-state index >= 15 is 0 Å². The number of nitrogens with one attached hydrogen (secondary N) is 1. The maximum Gasteiger partial charge on any atom is 0.426 e. The quantitative estimate of drug-likeness (QED) is 0.360. The van der Waals surface area contributed by atoms with E-state index in [4.69, 9.17) is 9.47 Å². The number of carbonyl (C=O) groups is 2. The van der Waals surface area contributed by atoms with Crippen molar-refractivity contribution < 1.29 is 19.1 Å². The summed E-state index contributed by atoms with van der Waals surface area (Å²) in [5.41, 5.74) is 2.13. The summed E-state index contributed by atoms with van der Waals surface area (Å²) in [7, 11) is 0. The standard InChI is InChI=1S/C15H24N4O4S/c1-7-19(18-14(21)23-15(3,4)5)11-10(12(20)22-8-2)9-16-13(17-11)24-6/h9H,7-8H2,1-6H3,(H,18,21). The van der Waals surface area contributed by atoms with Crippen LogP contribution >= 0.6 is 11.8 Å². The normalized spacial score (nSPS) is 10.9. The summed E-state index contributed by atoms with van der Waals surface area (Å²) in [6.07, 6.45) is 2.58. The monoisotopic (exact) mass is 356 g/mol. The van der Waals surface area contributed by atoms with Gasteiger partial charge < -0.3 is 9.47 Å². The number of ether oxygens (including phenoxy) is 2. The molecule has 1 aromatic heterocycles. The fourth-order valence-corrected chi connectivity index (χ4v) is 2.04. The maximum absolute atomic E-state index is 12.1. The largest absolute Gasteiger partial charge is 0.462 e. The zero-order valence-electron chi connectivity index (χ0n) is 14.9. The Morgan fingerprint density at radius 1 is 1.33 bits per heavy atom. The van der Waals surface area contributed by atoms with Crippen LogP contribution in [0.4, 0.5) is 10.6 Å². The predicted octanol–water partition coefficient (Wildman–Crippen LogP) is 2.64. The Labute approximate surface area is 146 Å². The Balaban J connectivity index is 3.13. The number of hydrogen-bond acceptors (Lipinski definition) is 8. The minimum Gasteiger partial charge on any atom is -0.462 e. The van der Waals surface area contributed by atoms with Crippen molar-refractivity contribution in [1.29, 1.82) is 0 Å². The Kier molecular flexibility index (Phi) is 7.27. The lowest BCUT2D eigenvalue weighted by Gasteiger charge is -2.27. The molecule has 0 radical (unpaired) electrons. The van der Waals surface area contributed by atoms with Crippen LogP contribution in [0.3, 0.4) is 0 Å². The molecule has 0 bridgehead atoms. The van der Waals surface area contributed by atoms with Gasteiger partial charge in [-0.05, 0) is 40.9 Å². The van der Waals surface area contributed by atoms with Gasteiger partial charge in [-0.2, -0.15) is 0 Å². The maximum atomic E-state index is 12.1. The van der Waals surface area contributed by atoms with E-state index in [1.807, 2.05) is 13.2 Å². The van der Waals surface area contributed by atoms with Gasteiger partial charge in [0.15, 0.2) is 11.0 Å². The van der Waals surface area contributed by atoms with E-state index in [0.717, 1.165) is 0 Å². The van der Waals surface area contributed by atoms with Gasteiger partial charge in [0.25, 0.3) is 0 Å². The van der Waals surface area contributed by atoms with Gasteiger partial charge in [0.1, 0.15) is 11.2 Å². The molecule has 1 N–H and O–H groups in total. The van der Waals surface area contributed by atoms with Crippen LogP contribution in [0.25, 0.3) is 0 Å². The molecule has 24 heavy (non-hydrogen) atoms. The summed E-state index contributed by atoms with van der Waals surface area (Å²) in [6.45, 7) is 9.43. The number of hydrazine groups is 1. The highest BCUT2D eigenvalue weighted by molar-refractivity contribution is 7.98. The van der Waals surface area contributed by atoms with Crippen molar-refractivity contribution in [2.45, 2.75) is 45.4 Å². The zero-order valence-corrected chi connectivity index (χ0v) is 15.7. The molecular weight excluding hydrogens is 332 g/mol. The first-order valence-corrected chi connectivity index (χ1v) is 8.79. The second kappa shape index (κ2) is 8.72. The van der Waals surface area contributed by atoms with Crippen LogP contribution in [0.1, 0.15) is 45.0 Å². The van der Waals surface area contributed by atoms with Crippen molar-refractivity contribution in [3.05, 3.63) is 11.8 Å². The second-order valence-corrected chi connectivity index (χ2v) is 6.45. The van der Waals surface area contributed by atoms with Gasteiger partial charge in [-0.3, -0.25) is 5.01 Å². The molecule has 0 atom stereocenters. The van der Waals surface area contributed by atoms with Crippen molar-refractivity contribution in [2.75, 3.05) is 24.4 Å². The number of thioether (sulfide) groups is 1. The first kappa shape index (κ1) is 20.0. The van der Waals surface area contributed by atoms with Crippen LogP contribution in [0.2, 0.25) is 0 Å². The van der Waals surface area contributed by atoms with Gasteiger partial charge in [0.2, 0.25) is 0 Å². The van der Waals surface area contributed by atoms with E-state index < -0.39 is 17.7 Å². The van der Waals surface area contributed by atoms with Gasteiger partial charge >= 0.3 is 12.1 Å². The van der Waals surface area contributed by atoms with Crippen molar-refractivity contribution in [3.63, 3.8) is 0 Å². The number of amides is 1. The van der Waals surface area contributed by atoms with E-state index in [1.54, 1.807) is 27.7 Å². The third-order valence-corrected chi connectivity index (χ3v) is 3.18. The highest BCUT2D eigenvalue weighted by Crippen LogP contribution is 2.21. The average Bonchev–Trinajstić information content (AvgIpc) is 2.50. The lowest BCUT2D eigenvalue weighted by molar-refractivity contribution is 0.0502. The summed E-state index contributed by atoms with van der Waals surface area (Å²) in [6, 6.07) is 0. The molecule has 0 aromatic carbocycles. The Morgan fingerprint density at radius 2 is 2.00 bits per heavy atom. The van der Waals surface area contributed by atoms with E-state index in [1.165, 1.54) is 23.0 Å². The van der Waals surface area contributed by atoms with Gasteiger partial charge in [-0.15, -0.1) is 0 Å². The zero-order chi connectivity index (χ0) is 18.3. The molecule has 0 aliphatic heterocycles. The molecule has 8 nitrogen and oxygen atoms in total. The smallest absolute Gasteiger partial charge is 0.426 e. The molecule has 0 fully saturated rings. The van der Waals surface area contributed by atoms with Crippen LogP contribution in [-0.2, 0) is 9.47 Å². The molecule has 0 spiro atoms. The summed E-state index contributed by atoms with van der Waals surface area (Å²) < 4.78 is 10.3. The first-order chi connectivity index (χ1) is 11.2. The van der Waals surface area contributed by atoms with Crippen LogP contribution < -0.4 is 10.4 Å². The van der Waals surface area contributed by atoms with Gasteiger partial charge in [0, 0.05) is 12.7 Å². The van der Waals surface area contributed by atoms with Gasteiger partial charge in [0.05, 0.1) is 6.61 Å². The third kappa shape index (κ3) is 5.88. The molecule has 0 saturated heterocycles. The Hall–Kier alpha value is -2.03. The topological polar surface area (TPSA) is 93.6 Å². The van der Waals surface area contributed by atoms with Crippen LogP contribution in [0.15, 0.2) is 11.4 Å². The predicted molar refractivity (Wildman–Crippen MR) is 92.2 cm³/mol. The molecule has 0 aliphatic carbocycles. The van der Waals surface area contributed by atoms with Crippen molar-refractivity contribution in [2.24, 2.45) is 0 Å². The summed E-state index contributed by atoms with van der Waals surface area (Å²) in [4.78, 5) is 32.6. The highest BCUT2D eigenvalue weighted by atomic mass is 32.2. The minimum absolute atomic E-state index is 0.174. The Bertz CT molecular complexity index is 589. The molecule has 1 rings (SSSR count). The summed E-state index contributed by atoms with van der Waals surface area (Å²) in [5.74, 6) is -0.286. The SMILES string of the molecule is CCOC(=O)c1cnc(SC)nc1N(CC)NC(=O)OC(C)(C)C. The van der Waals surface area contributed by atoms with Crippen LogP contribution in [0.5, 0.6) is 0 Å². The van der Waals surface area contributed by atoms with Gasteiger partial charge in [-0.1, -0.05) is 11.8 Å². The molecule has 1 heterocycles. The number of rotatable bonds is 6. The minimum atomic E-state index is -0.636. The van der Waals surface area contributed by atoms with E-state index in [0.29, 0.717) is 11.7 Å². The molecular formula is C15H24N4O4S. The first-order valence-electron chi connectivity index (χ1n) is 7.57. The molecule has 1 amide bonds. The van der Waals surface area contributed by atoms with Crippen molar-refractivity contribution in [1.82, 2.24) is 15.4 Å². The molecule has 0 saturated carbocycles. The third-order valence-electron chi connectivity index (χ3n) is 2.62. The second-order valence-electron chi connectivity index (χ2n) is 5.67. The molecule has 134 valence electrons. The number of nitrogens with zero attached hydrogens (tertiary/aromatic N) is 3. The summed E-state index contributed by atoms with van der Waals surface area (Å²) in [5, 5.41) is 1.91. The Morgan fingerprint density at radius 3 is 2.50 bits per heavy atom. The van der Waals surface area contributed by atoms with Crippen molar-refractivity contribution >= 4 is 29.6 Å². The highest BCUT2D eigenvalue weighted by Gasteiger charge is 2.23. The molecule has 0 unspecified atom stereocenters. The fraction of sp³-hybridized carbons (Fsp3) is 0.600. The van der Waals surface area contributed by atoms with E-state index in [2.05, 4.69) is 15.4 Å². The van der Waals surface area contributed by atoms with Crippen LogP contribution in [0, 0.1) is 0 Å². The van der Waals surface area contributed by atoms with Crippen LogP contribution in [-0.4, -0.2) is 47.0 Å². The lowest BCUT2D eigenvalue weighted by Crippen LogP contribution is -2.46. The molecule has 9 heteroatoms. The number of aromatic nitrogens is 2. The number of esters is 1. The number of anilines is 1. The summed E-state index contributed by atoms with van der Waals surface area (Å²) >= 11 is 1.33.